The van der Waals surface area contributed by atoms with Gasteiger partial charge in [-0.15, -0.1) is 0 Å². The van der Waals surface area contributed by atoms with Gasteiger partial charge in [-0.25, -0.2) is 13.1 Å². The Morgan fingerprint density at radius 3 is 2.42 bits per heavy atom. The van der Waals surface area contributed by atoms with E-state index < -0.39 is 22.6 Å². The van der Waals surface area contributed by atoms with Crippen LogP contribution in [0.1, 0.15) is 6.42 Å². The zero-order valence-electron chi connectivity index (χ0n) is 10.1. The van der Waals surface area contributed by atoms with Gasteiger partial charge in [-0.05, 0) is 25.2 Å². The number of nitrogens with two attached hydrogens (primary N) is 1. The van der Waals surface area contributed by atoms with E-state index in [4.69, 9.17) is 5.73 Å². The van der Waals surface area contributed by atoms with Gasteiger partial charge in [0, 0.05) is 12.2 Å². The van der Waals surface area contributed by atoms with Gasteiger partial charge in [0.2, 0.25) is 10.0 Å². The van der Waals surface area contributed by atoms with E-state index in [1.807, 2.05) is 0 Å². The van der Waals surface area contributed by atoms with Crippen molar-refractivity contribution in [2.75, 3.05) is 24.6 Å². The van der Waals surface area contributed by atoms with Crippen LogP contribution in [0.4, 0.5) is 24.5 Å². The van der Waals surface area contributed by atoms with E-state index in [0.717, 1.165) is 0 Å². The van der Waals surface area contributed by atoms with Crippen LogP contribution in [0.15, 0.2) is 23.1 Å². The van der Waals surface area contributed by atoms with E-state index in [1.165, 1.54) is 25.2 Å². The molecule has 0 radical (unpaired) electrons. The summed E-state index contributed by atoms with van der Waals surface area (Å²) in [5, 5.41) is 2.52. The Hall–Kier alpha value is -1.48. The van der Waals surface area contributed by atoms with Crippen LogP contribution < -0.4 is 15.8 Å². The quantitative estimate of drug-likeness (QED) is 0.720. The van der Waals surface area contributed by atoms with Crippen molar-refractivity contribution in [2.24, 2.45) is 0 Å². The van der Waals surface area contributed by atoms with Crippen LogP contribution in [-0.2, 0) is 10.0 Å². The number of hydrogen-bond acceptors (Lipinski definition) is 4. The van der Waals surface area contributed by atoms with Crippen molar-refractivity contribution in [2.45, 2.75) is 17.5 Å². The van der Waals surface area contributed by atoms with Crippen LogP contribution in [0.3, 0.4) is 0 Å². The molecule has 5 nitrogen and oxygen atoms in total. The molecule has 0 aliphatic heterocycles. The molecule has 108 valence electrons. The highest BCUT2D eigenvalue weighted by Crippen LogP contribution is 2.23. The Kier molecular flexibility index (Phi) is 4.64. The molecule has 1 aromatic rings. The van der Waals surface area contributed by atoms with Crippen molar-refractivity contribution in [3.05, 3.63) is 18.2 Å². The molecule has 0 fully saturated rings. The minimum Gasteiger partial charge on any atom is -0.398 e. The van der Waals surface area contributed by atoms with Crippen LogP contribution in [0.5, 0.6) is 0 Å². The summed E-state index contributed by atoms with van der Waals surface area (Å²) in [7, 11) is -2.43. The van der Waals surface area contributed by atoms with Crippen molar-refractivity contribution in [3.8, 4) is 0 Å². The summed E-state index contributed by atoms with van der Waals surface area (Å²) in [5.41, 5.74) is 5.85. The van der Waals surface area contributed by atoms with Gasteiger partial charge >= 0.3 is 6.18 Å². The third-order valence-corrected chi connectivity index (χ3v) is 3.79. The fraction of sp³-hybridized carbons (Fsp3) is 0.400. The van der Waals surface area contributed by atoms with Gasteiger partial charge in [0.25, 0.3) is 0 Å². The van der Waals surface area contributed by atoms with Gasteiger partial charge in [-0.3, -0.25) is 0 Å². The minimum absolute atomic E-state index is 0.0358. The summed E-state index contributed by atoms with van der Waals surface area (Å²) in [4.78, 5) is -0.114. The van der Waals surface area contributed by atoms with Crippen molar-refractivity contribution in [1.82, 2.24) is 4.72 Å². The van der Waals surface area contributed by atoms with E-state index in [-0.39, 0.29) is 17.1 Å². The number of rotatable bonds is 5. The van der Waals surface area contributed by atoms with Crippen LogP contribution in [0, 0.1) is 0 Å². The van der Waals surface area contributed by atoms with Crippen molar-refractivity contribution < 1.29 is 21.6 Å². The summed E-state index contributed by atoms with van der Waals surface area (Å²) >= 11 is 0. The molecule has 0 unspecified atom stereocenters. The van der Waals surface area contributed by atoms with Crippen LogP contribution in [-0.4, -0.2) is 28.2 Å². The highest BCUT2D eigenvalue weighted by atomic mass is 32.2. The molecule has 1 aromatic carbocycles. The Balaban J connectivity index is 2.78. The third kappa shape index (κ3) is 4.60. The first-order valence-corrected chi connectivity index (χ1v) is 6.78. The monoisotopic (exact) mass is 297 g/mol. The van der Waals surface area contributed by atoms with Crippen molar-refractivity contribution in [1.29, 1.82) is 0 Å². The fourth-order valence-electron chi connectivity index (χ4n) is 1.36. The smallest absolute Gasteiger partial charge is 0.390 e. The molecule has 0 amide bonds. The highest BCUT2D eigenvalue weighted by molar-refractivity contribution is 7.89. The molecule has 0 aliphatic rings. The summed E-state index contributed by atoms with van der Waals surface area (Å²) in [5.74, 6) is 0. The maximum Gasteiger partial charge on any atom is 0.390 e. The Morgan fingerprint density at radius 1 is 1.32 bits per heavy atom. The molecule has 0 aliphatic carbocycles. The predicted molar refractivity (Wildman–Crippen MR) is 66.3 cm³/mol. The van der Waals surface area contributed by atoms with Gasteiger partial charge in [-0.2, -0.15) is 13.2 Å². The number of alkyl halides is 3. The number of nitrogen functional groups attached to an aromatic ring is 1. The van der Waals surface area contributed by atoms with E-state index >= 15 is 0 Å². The lowest BCUT2D eigenvalue weighted by molar-refractivity contribution is -0.131. The first-order valence-electron chi connectivity index (χ1n) is 5.29. The molecule has 0 aromatic heterocycles. The molecule has 1 rings (SSSR count). The van der Waals surface area contributed by atoms with Gasteiger partial charge in [0.15, 0.2) is 0 Å². The van der Waals surface area contributed by atoms with E-state index in [2.05, 4.69) is 10.0 Å². The van der Waals surface area contributed by atoms with Gasteiger partial charge in [0.1, 0.15) is 4.90 Å². The highest BCUT2D eigenvalue weighted by Gasteiger charge is 2.26. The standard InChI is InChI=1S/C10H14F3N3O2S/c1-15-19(17,18)9-3-2-7(6-8(9)14)16-5-4-10(11,12)13/h2-3,6,15-16H,4-5,14H2,1H3. The number of halogens is 3. The molecule has 4 N–H and O–H groups in total. The van der Waals surface area contributed by atoms with E-state index in [9.17, 15) is 21.6 Å². The number of benzene rings is 1. The van der Waals surface area contributed by atoms with Crippen LogP contribution in [0.25, 0.3) is 0 Å². The van der Waals surface area contributed by atoms with Crippen molar-refractivity contribution in [3.63, 3.8) is 0 Å². The molecule has 0 atom stereocenters. The summed E-state index contributed by atoms with van der Waals surface area (Å²) in [6.45, 7) is -0.304. The zero-order valence-corrected chi connectivity index (χ0v) is 10.9. The molecule has 0 spiro atoms. The Labute approximate surface area is 109 Å². The summed E-state index contributed by atoms with van der Waals surface area (Å²) in [6.07, 6.45) is -5.22. The van der Waals surface area contributed by atoms with Crippen molar-refractivity contribution >= 4 is 21.4 Å². The molecule has 0 heterocycles. The lowest BCUT2D eigenvalue weighted by atomic mass is 10.2. The first kappa shape index (κ1) is 15.6. The molecule has 0 saturated carbocycles. The number of anilines is 2. The zero-order chi connectivity index (χ0) is 14.7. The number of sulfonamides is 1. The fourth-order valence-corrected chi connectivity index (χ4v) is 2.20. The van der Waals surface area contributed by atoms with E-state index in [1.54, 1.807) is 0 Å². The van der Waals surface area contributed by atoms with E-state index in [0.29, 0.717) is 5.69 Å². The molecular weight excluding hydrogens is 283 g/mol. The molecule has 19 heavy (non-hydrogen) atoms. The Bertz CT molecular complexity index is 543. The lowest BCUT2D eigenvalue weighted by Gasteiger charge is -2.11. The van der Waals surface area contributed by atoms with Gasteiger partial charge < -0.3 is 11.1 Å². The second-order valence-corrected chi connectivity index (χ2v) is 5.61. The number of hydrogen-bond donors (Lipinski definition) is 3. The predicted octanol–water partition coefficient (Wildman–Crippen LogP) is 1.54. The Morgan fingerprint density at radius 2 is 1.95 bits per heavy atom. The topological polar surface area (TPSA) is 84.2 Å². The second kappa shape index (κ2) is 5.66. The number of nitrogens with one attached hydrogen (secondary N) is 2. The summed E-state index contributed by atoms with van der Waals surface area (Å²) < 4.78 is 61.0. The molecule has 0 saturated heterocycles. The van der Waals surface area contributed by atoms with Crippen LogP contribution >= 0.6 is 0 Å². The second-order valence-electron chi connectivity index (χ2n) is 3.75. The average Bonchev–Trinajstić information content (AvgIpc) is 2.27. The van der Waals surface area contributed by atoms with Crippen LogP contribution in [0.2, 0.25) is 0 Å². The van der Waals surface area contributed by atoms with Gasteiger partial charge in [0.05, 0.1) is 12.1 Å². The normalized spacial score (nSPS) is 12.4. The third-order valence-electron chi connectivity index (χ3n) is 2.31. The SMILES string of the molecule is CNS(=O)(=O)c1ccc(NCCC(F)(F)F)cc1N. The molecule has 9 heteroatoms. The summed E-state index contributed by atoms with van der Waals surface area (Å²) in [6, 6.07) is 3.87. The first-order chi connectivity index (χ1) is 8.65. The largest absolute Gasteiger partial charge is 0.398 e. The maximum absolute atomic E-state index is 12.0. The average molecular weight is 297 g/mol. The maximum atomic E-state index is 12.0. The lowest BCUT2D eigenvalue weighted by Crippen LogP contribution is -2.20. The minimum atomic E-state index is -4.24. The van der Waals surface area contributed by atoms with Gasteiger partial charge in [-0.1, -0.05) is 0 Å². The molecule has 0 bridgehead atoms. The molecular formula is C10H14F3N3O2S.